The van der Waals surface area contributed by atoms with Crippen LogP contribution >= 0.6 is 23.4 Å². The molecule has 1 aromatic carbocycles. The van der Waals surface area contributed by atoms with Gasteiger partial charge in [-0.1, -0.05) is 23.7 Å². The summed E-state index contributed by atoms with van der Waals surface area (Å²) in [5.41, 5.74) is 1.34. The van der Waals surface area contributed by atoms with Gasteiger partial charge in [-0.2, -0.15) is 11.8 Å². The molecule has 0 radical (unpaired) electrons. The number of nitrogens with one attached hydrogen (secondary N) is 1. The first-order chi connectivity index (χ1) is 8.84. The van der Waals surface area contributed by atoms with E-state index in [2.05, 4.69) is 17.4 Å². The summed E-state index contributed by atoms with van der Waals surface area (Å²) in [5, 5.41) is 4.31. The summed E-state index contributed by atoms with van der Waals surface area (Å²) >= 11 is 7.81. The van der Waals surface area contributed by atoms with Gasteiger partial charge in [-0.05, 0) is 30.0 Å². The van der Waals surface area contributed by atoms with E-state index >= 15 is 0 Å². The van der Waals surface area contributed by atoms with Crippen LogP contribution < -0.4 is 5.32 Å². The first kappa shape index (κ1) is 14.2. The van der Waals surface area contributed by atoms with Crippen molar-refractivity contribution in [1.29, 1.82) is 0 Å². The van der Waals surface area contributed by atoms with Crippen molar-refractivity contribution in [3.8, 4) is 0 Å². The van der Waals surface area contributed by atoms with Gasteiger partial charge in [0.2, 0.25) is 0 Å². The SMILES string of the molecule is Clc1ccc(CSCCNCC2CCOC2)cc1. The minimum absolute atomic E-state index is 0.728. The summed E-state index contributed by atoms with van der Waals surface area (Å²) in [6, 6.07) is 8.10. The van der Waals surface area contributed by atoms with Crippen molar-refractivity contribution in [1.82, 2.24) is 5.32 Å². The smallest absolute Gasteiger partial charge is 0.0507 e. The second-order valence-corrected chi connectivity index (χ2v) is 6.15. The zero-order valence-corrected chi connectivity index (χ0v) is 12.1. The molecule has 100 valence electrons. The number of thioether (sulfide) groups is 1. The number of halogens is 1. The van der Waals surface area contributed by atoms with Crippen LogP contribution in [0, 0.1) is 5.92 Å². The normalized spacial score (nSPS) is 19.3. The van der Waals surface area contributed by atoms with Crippen molar-refractivity contribution in [2.75, 3.05) is 32.1 Å². The van der Waals surface area contributed by atoms with E-state index < -0.39 is 0 Å². The van der Waals surface area contributed by atoms with Crippen LogP contribution in [0.1, 0.15) is 12.0 Å². The van der Waals surface area contributed by atoms with Crippen molar-refractivity contribution in [3.05, 3.63) is 34.9 Å². The molecule has 2 rings (SSSR count). The molecular formula is C14H20ClNOS. The lowest BCUT2D eigenvalue weighted by atomic mass is 10.1. The first-order valence-corrected chi connectivity index (χ1v) is 7.98. The fourth-order valence-electron chi connectivity index (χ4n) is 1.97. The van der Waals surface area contributed by atoms with Crippen LogP contribution in [0.25, 0.3) is 0 Å². The molecular weight excluding hydrogens is 266 g/mol. The lowest BCUT2D eigenvalue weighted by Crippen LogP contribution is -2.25. The van der Waals surface area contributed by atoms with Crippen LogP contribution in [0.4, 0.5) is 0 Å². The van der Waals surface area contributed by atoms with E-state index in [0.29, 0.717) is 0 Å². The average molecular weight is 286 g/mol. The van der Waals surface area contributed by atoms with Crippen molar-refractivity contribution >= 4 is 23.4 Å². The fraction of sp³-hybridized carbons (Fsp3) is 0.571. The van der Waals surface area contributed by atoms with Gasteiger partial charge < -0.3 is 10.1 Å². The third-order valence-electron chi connectivity index (χ3n) is 3.06. The number of benzene rings is 1. The predicted octanol–water partition coefficient (Wildman–Crippen LogP) is 3.20. The van der Waals surface area contributed by atoms with Crippen molar-refractivity contribution in [2.24, 2.45) is 5.92 Å². The molecule has 1 aliphatic heterocycles. The maximum absolute atomic E-state index is 5.85. The molecule has 1 saturated heterocycles. The number of rotatable bonds is 7. The molecule has 18 heavy (non-hydrogen) atoms. The summed E-state index contributed by atoms with van der Waals surface area (Å²) in [6.45, 7) is 4.05. The van der Waals surface area contributed by atoms with E-state index in [4.69, 9.17) is 16.3 Å². The lowest BCUT2D eigenvalue weighted by Gasteiger charge is -2.09. The van der Waals surface area contributed by atoms with Crippen LogP contribution in [-0.2, 0) is 10.5 Å². The summed E-state index contributed by atoms with van der Waals surface area (Å²) in [7, 11) is 0. The summed E-state index contributed by atoms with van der Waals surface area (Å²) in [5.74, 6) is 2.94. The zero-order chi connectivity index (χ0) is 12.6. The molecule has 0 amide bonds. The Kier molecular flexibility index (Phi) is 6.35. The number of hydrogen-bond donors (Lipinski definition) is 1. The highest BCUT2D eigenvalue weighted by molar-refractivity contribution is 7.98. The van der Waals surface area contributed by atoms with Crippen LogP contribution in [-0.4, -0.2) is 32.1 Å². The second-order valence-electron chi connectivity index (χ2n) is 4.61. The highest BCUT2D eigenvalue weighted by Gasteiger charge is 2.14. The van der Waals surface area contributed by atoms with E-state index in [1.807, 2.05) is 23.9 Å². The van der Waals surface area contributed by atoms with E-state index in [0.717, 1.165) is 48.7 Å². The first-order valence-electron chi connectivity index (χ1n) is 6.45. The molecule has 1 N–H and O–H groups in total. The summed E-state index contributed by atoms with van der Waals surface area (Å²) < 4.78 is 5.35. The largest absolute Gasteiger partial charge is 0.381 e. The highest BCUT2D eigenvalue weighted by atomic mass is 35.5. The van der Waals surface area contributed by atoms with Crippen molar-refractivity contribution < 1.29 is 4.74 Å². The molecule has 2 nitrogen and oxygen atoms in total. The molecule has 1 aliphatic rings. The highest BCUT2D eigenvalue weighted by Crippen LogP contribution is 2.15. The fourth-order valence-corrected chi connectivity index (χ4v) is 2.95. The van der Waals surface area contributed by atoms with E-state index in [9.17, 15) is 0 Å². The van der Waals surface area contributed by atoms with E-state index in [-0.39, 0.29) is 0 Å². The molecule has 1 fully saturated rings. The van der Waals surface area contributed by atoms with Gasteiger partial charge in [0.05, 0.1) is 6.61 Å². The van der Waals surface area contributed by atoms with E-state index in [1.165, 1.54) is 12.0 Å². The molecule has 0 bridgehead atoms. The summed E-state index contributed by atoms with van der Waals surface area (Å²) in [4.78, 5) is 0. The molecule has 0 spiro atoms. The Hall–Kier alpha value is -0.220. The molecule has 0 saturated carbocycles. The molecule has 1 unspecified atom stereocenters. The third kappa shape index (κ3) is 5.19. The minimum atomic E-state index is 0.728. The van der Waals surface area contributed by atoms with Gasteiger partial charge in [0.1, 0.15) is 0 Å². The van der Waals surface area contributed by atoms with E-state index in [1.54, 1.807) is 0 Å². The predicted molar refractivity (Wildman–Crippen MR) is 79.4 cm³/mol. The van der Waals surface area contributed by atoms with Crippen molar-refractivity contribution in [2.45, 2.75) is 12.2 Å². The number of ether oxygens (including phenoxy) is 1. The van der Waals surface area contributed by atoms with Gasteiger partial charge in [0.25, 0.3) is 0 Å². The Morgan fingerprint density at radius 3 is 2.89 bits per heavy atom. The molecule has 1 heterocycles. The Balaban J connectivity index is 1.49. The van der Waals surface area contributed by atoms with Gasteiger partial charge in [0.15, 0.2) is 0 Å². The maximum Gasteiger partial charge on any atom is 0.0507 e. The molecule has 1 atom stereocenters. The average Bonchev–Trinajstić information content (AvgIpc) is 2.89. The third-order valence-corrected chi connectivity index (χ3v) is 4.34. The van der Waals surface area contributed by atoms with Gasteiger partial charge >= 0.3 is 0 Å². The second kappa shape index (κ2) is 8.05. The maximum atomic E-state index is 5.85. The van der Waals surface area contributed by atoms with Gasteiger partial charge in [-0.25, -0.2) is 0 Å². The monoisotopic (exact) mass is 285 g/mol. The van der Waals surface area contributed by atoms with Crippen molar-refractivity contribution in [3.63, 3.8) is 0 Å². The van der Waals surface area contributed by atoms with Gasteiger partial charge in [0, 0.05) is 36.2 Å². The van der Waals surface area contributed by atoms with Gasteiger partial charge in [-0.3, -0.25) is 0 Å². The number of hydrogen-bond acceptors (Lipinski definition) is 3. The van der Waals surface area contributed by atoms with Crippen LogP contribution in [0.15, 0.2) is 24.3 Å². The standard InChI is InChI=1S/C14H20ClNOS/c15-14-3-1-12(2-4-14)11-18-8-6-16-9-13-5-7-17-10-13/h1-4,13,16H,5-11H2. The zero-order valence-electron chi connectivity index (χ0n) is 10.5. The van der Waals surface area contributed by atoms with Gasteiger partial charge in [-0.15, -0.1) is 0 Å². The van der Waals surface area contributed by atoms with Crippen LogP contribution in [0.2, 0.25) is 5.02 Å². The minimum Gasteiger partial charge on any atom is -0.381 e. The molecule has 0 aromatic heterocycles. The summed E-state index contributed by atoms with van der Waals surface area (Å²) in [6.07, 6.45) is 1.21. The van der Waals surface area contributed by atoms with Crippen LogP contribution in [0.5, 0.6) is 0 Å². The Morgan fingerprint density at radius 2 is 2.17 bits per heavy atom. The topological polar surface area (TPSA) is 21.3 Å². The molecule has 4 heteroatoms. The lowest BCUT2D eigenvalue weighted by molar-refractivity contribution is 0.185. The quantitative estimate of drug-likeness (QED) is 0.778. The Labute approximate surface area is 118 Å². The molecule has 0 aliphatic carbocycles. The molecule has 1 aromatic rings. The van der Waals surface area contributed by atoms with Crippen LogP contribution in [0.3, 0.4) is 0 Å². The Bertz CT molecular complexity index is 338. The Morgan fingerprint density at radius 1 is 1.33 bits per heavy atom.